The van der Waals surface area contributed by atoms with Crippen molar-refractivity contribution in [3.8, 4) is 0 Å². The first kappa shape index (κ1) is 8.83. The summed E-state index contributed by atoms with van der Waals surface area (Å²) in [6.07, 6.45) is 3.37. The fraction of sp³-hybridized carbons (Fsp3) is 0.333. The molecule has 0 atom stereocenters. The van der Waals surface area contributed by atoms with Gasteiger partial charge in [0.25, 0.3) is 0 Å². The summed E-state index contributed by atoms with van der Waals surface area (Å²) in [5, 5.41) is 0.833. The second-order valence-corrected chi connectivity index (χ2v) is 4.33. The number of benzene rings is 1. The number of allylic oxidation sites excluding steroid dienone is 1. The lowest BCUT2D eigenvalue weighted by Gasteiger charge is -2.04. The molecule has 0 saturated carbocycles. The fourth-order valence-electron chi connectivity index (χ4n) is 1.70. The van der Waals surface area contributed by atoms with Crippen molar-refractivity contribution in [2.45, 2.75) is 20.3 Å². The molecule has 0 nitrogen and oxygen atoms in total. The number of rotatable bonds is 1. The zero-order valence-electron chi connectivity index (χ0n) is 7.97. The van der Waals surface area contributed by atoms with Crippen LogP contribution in [0, 0.1) is 5.92 Å². The third-order valence-electron chi connectivity index (χ3n) is 2.58. The molecule has 0 N–H and O–H groups in total. The highest BCUT2D eigenvalue weighted by molar-refractivity contribution is 6.30. The van der Waals surface area contributed by atoms with Crippen LogP contribution < -0.4 is 0 Å². The largest absolute Gasteiger partial charge is 0.0843 e. The van der Waals surface area contributed by atoms with E-state index in [4.69, 9.17) is 11.6 Å². The summed E-state index contributed by atoms with van der Waals surface area (Å²) >= 11 is 5.92. The fourth-order valence-corrected chi connectivity index (χ4v) is 1.88. The monoisotopic (exact) mass is 192 g/mol. The van der Waals surface area contributed by atoms with Gasteiger partial charge in [0.2, 0.25) is 0 Å². The maximum Gasteiger partial charge on any atom is 0.0412 e. The van der Waals surface area contributed by atoms with Crippen molar-refractivity contribution in [2.24, 2.45) is 5.92 Å². The van der Waals surface area contributed by atoms with Crippen LogP contribution in [0.5, 0.6) is 0 Å². The molecule has 0 aromatic heterocycles. The topological polar surface area (TPSA) is 0 Å². The lowest BCUT2D eigenvalue weighted by molar-refractivity contribution is 0.754. The van der Waals surface area contributed by atoms with E-state index in [0.717, 1.165) is 11.4 Å². The van der Waals surface area contributed by atoms with Crippen molar-refractivity contribution in [3.63, 3.8) is 0 Å². The highest BCUT2D eigenvalue weighted by Gasteiger charge is 2.14. The molecule has 1 aliphatic rings. The van der Waals surface area contributed by atoms with E-state index in [1.807, 2.05) is 12.1 Å². The maximum absolute atomic E-state index is 5.92. The third-order valence-corrected chi connectivity index (χ3v) is 2.82. The quantitative estimate of drug-likeness (QED) is 0.633. The lowest BCUT2D eigenvalue weighted by atomic mass is 10.0. The van der Waals surface area contributed by atoms with Gasteiger partial charge in [-0.1, -0.05) is 43.2 Å². The van der Waals surface area contributed by atoms with E-state index in [9.17, 15) is 0 Å². The average molecular weight is 193 g/mol. The molecule has 68 valence electrons. The van der Waals surface area contributed by atoms with Gasteiger partial charge in [-0.3, -0.25) is 0 Å². The summed E-state index contributed by atoms with van der Waals surface area (Å²) in [4.78, 5) is 0. The molecular formula is C12H13Cl. The standard InChI is InChI=1S/C12H13Cl/c1-8(2)10-5-9-3-4-12(13)7-11(9)6-10/h3-4,6-8H,5H2,1-2H3. The van der Waals surface area contributed by atoms with Crippen LogP contribution >= 0.6 is 11.6 Å². The molecule has 0 unspecified atom stereocenters. The second kappa shape index (κ2) is 3.19. The summed E-state index contributed by atoms with van der Waals surface area (Å²) in [5.41, 5.74) is 4.22. The van der Waals surface area contributed by atoms with Crippen LogP contribution in [0.4, 0.5) is 0 Å². The Kier molecular flexibility index (Phi) is 2.17. The Bertz CT molecular complexity index is 361. The molecule has 1 aromatic carbocycles. The van der Waals surface area contributed by atoms with Gasteiger partial charge in [0.1, 0.15) is 0 Å². The van der Waals surface area contributed by atoms with Crippen LogP contribution in [0.1, 0.15) is 25.0 Å². The van der Waals surface area contributed by atoms with Crippen LogP contribution in [0.2, 0.25) is 5.02 Å². The van der Waals surface area contributed by atoms with E-state index in [1.165, 1.54) is 16.7 Å². The van der Waals surface area contributed by atoms with E-state index < -0.39 is 0 Å². The molecule has 0 heterocycles. The first-order chi connectivity index (χ1) is 6.16. The predicted octanol–water partition coefficient (Wildman–Crippen LogP) is 3.94. The number of halogens is 1. The highest BCUT2D eigenvalue weighted by Crippen LogP contribution is 2.30. The highest BCUT2D eigenvalue weighted by atomic mass is 35.5. The van der Waals surface area contributed by atoms with Crippen molar-refractivity contribution >= 4 is 17.7 Å². The number of hydrogen-bond donors (Lipinski definition) is 0. The zero-order valence-corrected chi connectivity index (χ0v) is 8.73. The first-order valence-corrected chi connectivity index (χ1v) is 5.03. The van der Waals surface area contributed by atoms with Gasteiger partial charge >= 0.3 is 0 Å². The molecule has 0 radical (unpaired) electrons. The molecule has 0 saturated heterocycles. The molecule has 0 aliphatic heterocycles. The number of hydrogen-bond acceptors (Lipinski definition) is 0. The van der Waals surface area contributed by atoms with E-state index in [2.05, 4.69) is 26.0 Å². The molecule has 0 fully saturated rings. The molecular weight excluding hydrogens is 180 g/mol. The molecule has 2 rings (SSSR count). The van der Waals surface area contributed by atoms with Crippen molar-refractivity contribution in [3.05, 3.63) is 39.9 Å². The Labute approximate surface area is 84.2 Å². The van der Waals surface area contributed by atoms with Gasteiger partial charge in [-0.25, -0.2) is 0 Å². The van der Waals surface area contributed by atoms with Crippen LogP contribution in [0.3, 0.4) is 0 Å². The minimum atomic E-state index is 0.645. The van der Waals surface area contributed by atoms with Crippen LogP contribution in [-0.4, -0.2) is 0 Å². The van der Waals surface area contributed by atoms with Gasteiger partial charge in [0, 0.05) is 5.02 Å². The zero-order chi connectivity index (χ0) is 9.42. The minimum Gasteiger partial charge on any atom is -0.0843 e. The number of fused-ring (bicyclic) bond motifs is 1. The molecule has 13 heavy (non-hydrogen) atoms. The molecule has 0 bridgehead atoms. The van der Waals surface area contributed by atoms with E-state index in [-0.39, 0.29) is 0 Å². The lowest BCUT2D eigenvalue weighted by Crippen LogP contribution is -1.92. The van der Waals surface area contributed by atoms with Gasteiger partial charge < -0.3 is 0 Å². The van der Waals surface area contributed by atoms with Gasteiger partial charge in [-0.15, -0.1) is 0 Å². The van der Waals surface area contributed by atoms with Crippen molar-refractivity contribution in [1.29, 1.82) is 0 Å². The maximum atomic E-state index is 5.92. The molecule has 1 heteroatoms. The SMILES string of the molecule is CC(C)C1=Cc2cc(Cl)ccc2C1. The van der Waals surface area contributed by atoms with E-state index in [0.29, 0.717) is 5.92 Å². The second-order valence-electron chi connectivity index (χ2n) is 3.89. The Balaban J connectivity index is 2.38. The normalized spacial score (nSPS) is 14.6. The third kappa shape index (κ3) is 1.64. The smallest absolute Gasteiger partial charge is 0.0412 e. The van der Waals surface area contributed by atoms with Gasteiger partial charge in [0.15, 0.2) is 0 Å². The molecule has 0 spiro atoms. The average Bonchev–Trinajstić information content (AvgIpc) is 2.46. The summed E-state index contributed by atoms with van der Waals surface area (Å²) in [6, 6.07) is 6.15. The molecule has 1 aliphatic carbocycles. The molecule has 0 amide bonds. The van der Waals surface area contributed by atoms with E-state index >= 15 is 0 Å². The Morgan fingerprint density at radius 1 is 1.31 bits per heavy atom. The Hall–Kier alpha value is -0.750. The van der Waals surface area contributed by atoms with Crippen LogP contribution in [0.15, 0.2) is 23.8 Å². The van der Waals surface area contributed by atoms with Gasteiger partial charge in [-0.2, -0.15) is 0 Å². The minimum absolute atomic E-state index is 0.645. The van der Waals surface area contributed by atoms with Crippen molar-refractivity contribution < 1.29 is 0 Å². The predicted molar refractivity (Wildman–Crippen MR) is 58.0 cm³/mol. The van der Waals surface area contributed by atoms with Gasteiger partial charge in [-0.05, 0) is 35.6 Å². The van der Waals surface area contributed by atoms with Crippen molar-refractivity contribution in [1.82, 2.24) is 0 Å². The van der Waals surface area contributed by atoms with E-state index in [1.54, 1.807) is 0 Å². The van der Waals surface area contributed by atoms with Crippen LogP contribution in [0.25, 0.3) is 6.08 Å². The van der Waals surface area contributed by atoms with Crippen LogP contribution in [-0.2, 0) is 6.42 Å². The summed E-state index contributed by atoms with van der Waals surface area (Å²) in [7, 11) is 0. The Morgan fingerprint density at radius 3 is 2.77 bits per heavy atom. The summed E-state index contributed by atoms with van der Waals surface area (Å²) in [5.74, 6) is 0.645. The Morgan fingerprint density at radius 2 is 2.08 bits per heavy atom. The van der Waals surface area contributed by atoms with Crippen molar-refractivity contribution in [2.75, 3.05) is 0 Å². The summed E-state index contributed by atoms with van der Waals surface area (Å²) < 4.78 is 0. The summed E-state index contributed by atoms with van der Waals surface area (Å²) in [6.45, 7) is 4.47. The molecule has 1 aromatic rings. The van der Waals surface area contributed by atoms with Gasteiger partial charge in [0.05, 0.1) is 0 Å². The first-order valence-electron chi connectivity index (χ1n) is 4.65.